The Morgan fingerprint density at radius 3 is 2.26 bits per heavy atom. The second-order valence-electron chi connectivity index (χ2n) is 6.69. The van der Waals surface area contributed by atoms with Gasteiger partial charge >= 0.3 is 0 Å². The first kappa shape index (κ1) is 15.3. The van der Waals surface area contributed by atoms with E-state index in [1.54, 1.807) is 0 Å². The first-order chi connectivity index (χ1) is 9.28. The van der Waals surface area contributed by atoms with Gasteiger partial charge in [0.2, 0.25) is 0 Å². The Bertz CT molecular complexity index is 240. The molecule has 1 N–H and O–H groups in total. The predicted octanol–water partition coefficient (Wildman–Crippen LogP) is 4.28. The minimum atomic E-state index is 0.156. The molecular formula is C17H33NO. The van der Waals surface area contributed by atoms with Gasteiger partial charge in [0.15, 0.2) is 0 Å². The van der Waals surface area contributed by atoms with E-state index in [9.17, 15) is 0 Å². The second kappa shape index (κ2) is 7.64. The number of nitrogens with one attached hydrogen (secondary N) is 1. The summed E-state index contributed by atoms with van der Waals surface area (Å²) in [5.41, 5.74) is 0.156. The average molecular weight is 267 g/mol. The van der Waals surface area contributed by atoms with Crippen molar-refractivity contribution in [3.05, 3.63) is 0 Å². The van der Waals surface area contributed by atoms with Crippen LogP contribution in [0.1, 0.15) is 78.1 Å². The molecule has 2 aliphatic rings. The monoisotopic (exact) mass is 267 g/mol. The highest BCUT2D eigenvalue weighted by Gasteiger charge is 2.37. The van der Waals surface area contributed by atoms with Gasteiger partial charge in [0, 0.05) is 6.54 Å². The van der Waals surface area contributed by atoms with Crippen molar-refractivity contribution < 1.29 is 4.74 Å². The molecule has 0 bridgehead atoms. The fourth-order valence-electron chi connectivity index (χ4n) is 3.84. The summed E-state index contributed by atoms with van der Waals surface area (Å²) in [7, 11) is 0. The Kier molecular flexibility index (Phi) is 6.15. The van der Waals surface area contributed by atoms with E-state index >= 15 is 0 Å². The van der Waals surface area contributed by atoms with Crippen molar-refractivity contribution in [3.63, 3.8) is 0 Å². The molecule has 0 aromatic heterocycles. The first-order valence-electron chi connectivity index (χ1n) is 8.66. The van der Waals surface area contributed by atoms with Crippen LogP contribution < -0.4 is 5.32 Å². The van der Waals surface area contributed by atoms with Crippen LogP contribution in [0.5, 0.6) is 0 Å². The molecule has 2 rings (SSSR count). The van der Waals surface area contributed by atoms with Crippen LogP contribution in [0.4, 0.5) is 0 Å². The summed E-state index contributed by atoms with van der Waals surface area (Å²) in [5, 5.41) is 3.56. The van der Waals surface area contributed by atoms with Crippen molar-refractivity contribution in [3.8, 4) is 0 Å². The third-order valence-corrected chi connectivity index (χ3v) is 5.26. The Labute approximate surface area is 119 Å². The summed E-state index contributed by atoms with van der Waals surface area (Å²) in [6, 6.07) is 0. The lowest BCUT2D eigenvalue weighted by atomic mass is 9.77. The molecule has 0 aliphatic heterocycles. The van der Waals surface area contributed by atoms with Crippen LogP contribution in [0.3, 0.4) is 0 Å². The molecule has 112 valence electrons. The molecule has 2 nitrogen and oxygen atoms in total. The molecule has 0 amide bonds. The van der Waals surface area contributed by atoms with E-state index in [4.69, 9.17) is 4.74 Å². The van der Waals surface area contributed by atoms with E-state index in [0.29, 0.717) is 6.10 Å². The van der Waals surface area contributed by atoms with Crippen LogP contribution in [0.15, 0.2) is 0 Å². The highest BCUT2D eigenvalue weighted by molar-refractivity contribution is 4.90. The van der Waals surface area contributed by atoms with Gasteiger partial charge in [-0.25, -0.2) is 0 Å². The van der Waals surface area contributed by atoms with Crippen LogP contribution in [0, 0.1) is 5.92 Å². The molecule has 19 heavy (non-hydrogen) atoms. The standard InChI is InChI=1S/C17H33NO/c1-3-15-10-12-17(13-11-15,14-18-4-2)19-16-8-6-5-7-9-16/h15-16,18H,3-14H2,1-2H3. The van der Waals surface area contributed by atoms with Crippen molar-refractivity contribution in [2.24, 2.45) is 5.92 Å². The fraction of sp³-hybridized carbons (Fsp3) is 1.00. The van der Waals surface area contributed by atoms with Gasteiger partial charge < -0.3 is 10.1 Å². The van der Waals surface area contributed by atoms with E-state index in [0.717, 1.165) is 19.0 Å². The second-order valence-corrected chi connectivity index (χ2v) is 6.69. The van der Waals surface area contributed by atoms with E-state index in [-0.39, 0.29) is 5.60 Å². The largest absolute Gasteiger partial charge is 0.370 e. The van der Waals surface area contributed by atoms with Gasteiger partial charge in [0.05, 0.1) is 11.7 Å². The molecule has 2 saturated carbocycles. The molecular weight excluding hydrogens is 234 g/mol. The molecule has 0 unspecified atom stereocenters. The number of hydrogen-bond donors (Lipinski definition) is 1. The van der Waals surface area contributed by atoms with Crippen molar-refractivity contribution in [2.75, 3.05) is 13.1 Å². The van der Waals surface area contributed by atoms with Gasteiger partial charge in [0.25, 0.3) is 0 Å². The smallest absolute Gasteiger partial charge is 0.0810 e. The molecule has 0 aromatic rings. The molecule has 2 heteroatoms. The molecule has 2 aliphatic carbocycles. The van der Waals surface area contributed by atoms with Crippen molar-refractivity contribution >= 4 is 0 Å². The maximum atomic E-state index is 6.65. The van der Waals surface area contributed by atoms with Crippen LogP contribution in [-0.2, 0) is 4.74 Å². The number of likely N-dealkylation sites (N-methyl/N-ethyl adjacent to an activating group) is 1. The zero-order valence-corrected chi connectivity index (χ0v) is 13.0. The molecule has 0 heterocycles. The molecule has 0 spiro atoms. The lowest BCUT2D eigenvalue weighted by Crippen LogP contribution is -2.48. The van der Waals surface area contributed by atoms with Gasteiger partial charge in [-0.05, 0) is 51.0 Å². The molecule has 0 atom stereocenters. The highest BCUT2D eigenvalue weighted by atomic mass is 16.5. The van der Waals surface area contributed by atoms with Gasteiger partial charge in [-0.15, -0.1) is 0 Å². The summed E-state index contributed by atoms with van der Waals surface area (Å²) in [6.45, 7) is 6.67. The van der Waals surface area contributed by atoms with Gasteiger partial charge in [0.1, 0.15) is 0 Å². The summed E-state index contributed by atoms with van der Waals surface area (Å²) < 4.78 is 6.65. The third kappa shape index (κ3) is 4.46. The maximum absolute atomic E-state index is 6.65. The minimum absolute atomic E-state index is 0.156. The van der Waals surface area contributed by atoms with E-state index in [1.165, 1.54) is 64.2 Å². The predicted molar refractivity (Wildman–Crippen MR) is 81.5 cm³/mol. The Morgan fingerprint density at radius 2 is 1.68 bits per heavy atom. The Morgan fingerprint density at radius 1 is 1.00 bits per heavy atom. The fourth-order valence-corrected chi connectivity index (χ4v) is 3.84. The summed E-state index contributed by atoms with van der Waals surface area (Å²) >= 11 is 0. The minimum Gasteiger partial charge on any atom is -0.370 e. The lowest BCUT2D eigenvalue weighted by Gasteiger charge is -2.43. The topological polar surface area (TPSA) is 21.3 Å². The zero-order chi connectivity index (χ0) is 13.6. The van der Waals surface area contributed by atoms with Crippen molar-refractivity contribution in [2.45, 2.75) is 89.8 Å². The number of hydrogen-bond acceptors (Lipinski definition) is 2. The quantitative estimate of drug-likeness (QED) is 0.775. The average Bonchev–Trinajstić information content (AvgIpc) is 2.47. The van der Waals surface area contributed by atoms with E-state index < -0.39 is 0 Å². The zero-order valence-electron chi connectivity index (χ0n) is 13.0. The van der Waals surface area contributed by atoms with Crippen LogP contribution in [-0.4, -0.2) is 24.8 Å². The van der Waals surface area contributed by atoms with Crippen LogP contribution in [0.25, 0.3) is 0 Å². The number of ether oxygens (including phenoxy) is 1. The Hall–Kier alpha value is -0.0800. The Balaban J connectivity index is 1.90. The number of rotatable bonds is 6. The summed E-state index contributed by atoms with van der Waals surface area (Å²) in [5.74, 6) is 0.949. The molecule has 0 saturated heterocycles. The van der Waals surface area contributed by atoms with E-state index in [2.05, 4.69) is 19.2 Å². The first-order valence-corrected chi connectivity index (χ1v) is 8.66. The normalized spacial score (nSPS) is 33.5. The van der Waals surface area contributed by atoms with Gasteiger partial charge in [-0.2, -0.15) is 0 Å². The summed E-state index contributed by atoms with van der Waals surface area (Å²) in [4.78, 5) is 0. The van der Waals surface area contributed by atoms with Crippen molar-refractivity contribution in [1.82, 2.24) is 5.32 Å². The summed E-state index contributed by atoms with van der Waals surface area (Å²) in [6.07, 6.45) is 13.9. The van der Waals surface area contributed by atoms with Crippen LogP contribution >= 0.6 is 0 Å². The van der Waals surface area contributed by atoms with Crippen LogP contribution in [0.2, 0.25) is 0 Å². The van der Waals surface area contributed by atoms with Crippen molar-refractivity contribution in [1.29, 1.82) is 0 Å². The molecule has 0 radical (unpaired) electrons. The molecule has 0 aromatic carbocycles. The third-order valence-electron chi connectivity index (χ3n) is 5.26. The van der Waals surface area contributed by atoms with E-state index in [1.807, 2.05) is 0 Å². The SMILES string of the molecule is CCNCC1(OC2CCCCC2)CCC(CC)CC1. The van der Waals surface area contributed by atoms with Gasteiger partial charge in [-0.1, -0.05) is 39.5 Å². The lowest BCUT2D eigenvalue weighted by molar-refractivity contribution is -0.127. The van der Waals surface area contributed by atoms with Gasteiger partial charge in [-0.3, -0.25) is 0 Å². The highest BCUT2D eigenvalue weighted by Crippen LogP contribution is 2.38. The maximum Gasteiger partial charge on any atom is 0.0810 e. The molecule has 2 fully saturated rings.